The Morgan fingerprint density at radius 3 is 1.93 bits per heavy atom. The monoisotopic (exact) mass is 452 g/mol. The second-order valence-corrected chi connectivity index (χ2v) is 8.25. The molecule has 9 nitrogen and oxygen atoms in total. The number of rotatable bonds is 4. The first-order valence-electron chi connectivity index (χ1n) is 7.24. The predicted molar refractivity (Wildman–Crippen MR) is 91.8 cm³/mol. The fourth-order valence-corrected chi connectivity index (χ4v) is 3.32. The molecule has 0 aromatic heterocycles. The predicted octanol–water partition coefficient (Wildman–Crippen LogP) is -3.51. The molecule has 0 saturated heterocycles. The largest absolute Gasteiger partial charge is 1.00 e. The number of hydrogen-bond donors (Lipinski definition) is 1. The van der Waals surface area contributed by atoms with E-state index in [1.54, 1.807) is 0 Å². The van der Waals surface area contributed by atoms with E-state index in [1.807, 2.05) is 0 Å². The molecular weight excluding hydrogens is 442 g/mol. The first kappa shape index (κ1) is 26.2. The molecule has 1 N–H and O–H groups in total. The molecule has 3 rings (SSSR count). The number of azo groups is 1. The van der Waals surface area contributed by atoms with Gasteiger partial charge in [-0.1, -0.05) is 12.1 Å². The summed E-state index contributed by atoms with van der Waals surface area (Å²) >= 11 is 0. The van der Waals surface area contributed by atoms with Crippen LogP contribution in [0, 0.1) is 0 Å². The van der Waals surface area contributed by atoms with Crippen molar-refractivity contribution in [3.63, 3.8) is 0 Å². The Morgan fingerprint density at radius 2 is 1.38 bits per heavy atom. The van der Waals surface area contributed by atoms with Crippen LogP contribution in [0.15, 0.2) is 74.6 Å². The molecule has 0 unspecified atom stereocenters. The van der Waals surface area contributed by atoms with Crippen LogP contribution in [-0.2, 0) is 20.2 Å². The van der Waals surface area contributed by atoms with Gasteiger partial charge in [0.25, 0.3) is 10.1 Å². The number of hydrogen-bond acceptors (Lipinski definition) is 8. The molecule has 3 aromatic rings. The van der Waals surface area contributed by atoms with Crippen molar-refractivity contribution in [2.75, 3.05) is 0 Å². The fourth-order valence-electron chi connectivity index (χ4n) is 2.34. The van der Waals surface area contributed by atoms with E-state index in [0.29, 0.717) is 5.39 Å². The Hall–Kier alpha value is -0.860. The summed E-state index contributed by atoms with van der Waals surface area (Å²) in [5.74, 6) is -0.447. The normalized spacial score (nSPS) is 11.8. The summed E-state index contributed by atoms with van der Waals surface area (Å²) in [5, 5.41) is 20.3. The van der Waals surface area contributed by atoms with Crippen LogP contribution in [0.3, 0.4) is 0 Å². The maximum absolute atomic E-state index is 11.8. The van der Waals surface area contributed by atoms with Crippen LogP contribution >= 0.6 is 0 Å². The molecule has 0 atom stereocenters. The van der Waals surface area contributed by atoms with E-state index < -0.39 is 30.9 Å². The summed E-state index contributed by atoms with van der Waals surface area (Å²) in [6, 6.07) is 10.8. The second-order valence-electron chi connectivity index (χ2n) is 5.45. The molecule has 0 radical (unpaired) electrons. The van der Waals surface area contributed by atoms with E-state index in [4.69, 9.17) is 4.55 Å². The quantitative estimate of drug-likeness (QED) is 0.244. The van der Waals surface area contributed by atoms with Gasteiger partial charge in [-0.05, 0) is 47.9 Å². The van der Waals surface area contributed by atoms with Crippen LogP contribution in [0.4, 0.5) is 11.4 Å². The molecule has 0 bridgehead atoms. The van der Waals surface area contributed by atoms with Gasteiger partial charge in [0.1, 0.15) is 10.1 Å². The second kappa shape index (κ2) is 9.96. The molecule has 0 fully saturated rings. The molecule has 0 spiro atoms. The molecule has 13 heteroatoms. The summed E-state index contributed by atoms with van der Waals surface area (Å²) in [6.45, 7) is 0. The van der Waals surface area contributed by atoms with Crippen molar-refractivity contribution in [2.45, 2.75) is 9.79 Å². The van der Waals surface area contributed by atoms with Gasteiger partial charge in [-0.25, -0.2) is 8.42 Å². The van der Waals surface area contributed by atoms with Crippen molar-refractivity contribution in [1.82, 2.24) is 0 Å². The minimum Gasteiger partial charge on any atom is -0.872 e. The third-order valence-corrected chi connectivity index (χ3v) is 5.27. The van der Waals surface area contributed by atoms with Gasteiger partial charge in [-0.15, -0.1) is 10.9 Å². The van der Waals surface area contributed by atoms with E-state index in [9.17, 15) is 26.5 Å². The van der Waals surface area contributed by atoms with E-state index in [0.717, 1.165) is 24.3 Å². The van der Waals surface area contributed by atoms with E-state index in [1.165, 1.54) is 30.3 Å². The van der Waals surface area contributed by atoms with Gasteiger partial charge in [0.05, 0.1) is 21.2 Å². The Labute approximate surface area is 210 Å². The van der Waals surface area contributed by atoms with Crippen LogP contribution in [0.25, 0.3) is 10.8 Å². The summed E-state index contributed by atoms with van der Waals surface area (Å²) in [4.78, 5) is -0.774. The molecule has 140 valence electrons. The summed E-state index contributed by atoms with van der Waals surface area (Å²) in [5.41, 5.74) is 0.390. The topological polar surface area (TPSA) is 159 Å². The SMILES string of the molecule is O=S(=O)([O-])c1ccc(N=Nc2cc([O-])cc3cc(S(=O)(=O)O)ccc23)cc1.[Na+].[Na+]. The molecule has 29 heavy (non-hydrogen) atoms. The van der Waals surface area contributed by atoms with Crippen molar-refractivity contribution < 1.29 is 90.2 Å². The number of fused-ring (bicyclic) bond motifs is 1. The van der Waals surface area contributed by atoms with Crippen LogP contribution < -0.4 is 64.2 Å². The van der Waals surface area contributed by atoms with Gasteiger partial charge in [0, 0.05) is 5.39 Å². The Bertz CT molecular complexity index is 1280. The molecular formula is C16H10N2Na2O7S2. The van der Waals surface area contributed by atoms with Crippen LogP contribution in [-0.4, -0.2) is 25.9 Å². The van der Waals surface area contributed by atoms with Crippen molar-refractivity contribution in [3.05, 3.63) is 54.6 Å². The van der Waals surface area contributed by atoms with Crippen LogP contribution in [0.1, 0.15) is 0 Å². The van der Waals surface area contributed by atoms with Crippen molar-refractivity contribution >= 4 is 42.4 Å². The van der Waals surface area contributed by atoms with Crippen LogP contribution in [0.2, 0.25) is 0 Å². The average Bonchev–Trinajstić information content (AvgIpc) is 2.57. The van der Waals surface area contributed by atoms with E-state index in [-0.39, 0.29) is 80.8 Å². The molecule has 0 amide bonds. The molecule has 3 aromatic carbocycles. The first-order chi connectivity index (χ1) is 12.5. The van der Waals surface area contributed by atoms with Crippen LogP contribution in [0.5, 0.6) is 5.75 Å². The maximum Gasteiger partial charge on any atom is 1.00 e. The zero-order valence-electron chi connectivity index (χ0n) is 15.3. The van der Waals surface area contributed by atoms with Gasteiger partial charge in [-0.3, -0.25) is 4.55 Å². The molecule has 0 aliphatic rings. The van der Waals surface area contributed by atoms with Crippen molar-refractivity contribution in [1.29, 1.82) is 0 Å². The van der Waals surface area contributed by atoms with Gasteiger partial charge in [0.15, 0.2) is 0 Å². The summed E-state index contributed by atoms with van der Waals surface area (Å²) < 4.78 is 64.3. The average molecular weight is 452 g/mol. The Kier molecular flexibility index (Phi) is 8.99. The zero-order chi connectivity index (χ0) is 19.8. The minimum absolute atomic E-state index is 0. The maximum atomic E-state index is 11.8. The first-order valence-corrected chi connectivity index (χ1v) is 10.1. The molecule has 0 heterocycles. The fraction of sp³-hybridized carbons (Fsp3) is 0. The third kappa shape index (κ3) is 6.56. The van der Waals surface area contributed by atoms with E-state index in [2.05, 4.69) is 10.2 Å². The third-order valence-electron chi connectivity index (χ3n) is 3.57. The summed E-state index contributed by atoms with van der Waals surface area (Å²) in [7, 11) is -8.99. The minimum atomic E-state index is -4.57. The zero-order valence-corrected chi connectivity index (χ0v) is 20.9. The number of nitrogens with zero attached hydrogens (tertiary/aromatic N) is 2. The number of benzene rings is 3. The molecule has 0 aliphatic heterocycles. The van der Waals surface area contributed by atoms with Gasteiger partial charge in [0.2, 0.25) is 0 Å². The van der Waals surface area contributed by atoms with Gasteiger partial charge < -0.3 is 9.66 Å². The Balaban J connectivity index is 0.00000210. The van der Waals surface area contributed by atoms with Gasteiger partial charge in [-0.2, -0.15) is 13.5 Å². The standard InChI is InChI=1S/C16H12N2O7S2.2Na/c19-12-7-10-8-14(27(23,24)25)5-6-15(10)16(9-12)18-17-11-1-3-13(4-2-11)26(20,21)22;;/h1-9,19H,(H,20,21,22)(H,23,24,25);;/q;2*+1/p-2. The molecule has 0 saturated carbocycles. The van der Waals surface area contributed by atoms with Crippen molar-refractivity contribution in [2.24, 2.45) is 10.2 Å². The smallest absolute Gasteiger partial charge is 0.872 e. The summed E-state index contributed by atoms with van der Waals surface area (Å²) in [6.07, 6.45) is 0. The molecule has 0 aliphatic carbocycles. The van der Waals surface area contributed by atoms with E-state index >= 15 is 0 Å². The van der Waals surface area contributed by atoms with Crippen molar-refractivity contribution in [3.8, 4) is 5.75 Å². The Morgan fingerprint density at radius 1 is 0.793 bits per heavy atom. The van der Waals surface area contributed by atoms with Gasteiger partial charge >= 0.3 is 59.1 Å².